The molecular formula is C14H9NO. The third-order valence-corrected chi connectivity index (χ3v) is 2.46. The van der Waals surface area contributed by atoms with Gasteiger partial charge >= 0.3 is 0 Å². The fourth-order valence-electron chi connectivity index (χ4n) is 1.72. The molecule has 0 fully saturated rings. The number of fused-ring (bicyclic) bond motifs is 1. The zero-order chi connectivity index (χ0) is 11.4. The second kappa shape index (κ2) is 4.41. The summed E-state index contributed by atoms with van der Waals surface area (Å²) in [4.78, 5) is 10.9. The minimum atomic E-state index is 0.602. The number of hydrogen-bond acceptors (Lipinski definition) is 2. The average molecular weight is 207 g/mol. The molecule has 2 heteroatoms. The van der Waals surface area contributed by atoms with E-state index in [1.165, 1.54) is 6.08 Å². The summed E-state index contributed by atoms with van der Waals surface area (Å²) in [6.07, 6.45) is 3.87. The van der Waals surface area contributed by atoms with Crippen LogP contribution in [0.2, 0.25) is 0 Å². The Bertz CT molecular complexity index is 606. The summed E-state index contributed by atoms with van der Waals surface area (Å²) in [5, 5.41) is 10.6. The molecule has 0 aliphatic rings. The molecule has 0 N–H and O–H groups in total. The minimum Gasteiger partial charge on any atom is -0.298 e. The van der Waals surface area contributed by atoms with Gasteiger partial charge < -0.3 is 0 Å². The SMILES string of the molecule is N#CC=Cc1c(C=O)ccc2ccccc12. The van der Waals surface area contributed by atoms with Gasteiger partial charge in [-0.25, -0.2) is 0 Å². The third kappa shape index (κ3) is 1.71. The number of hydrogen-bond donors (Lipinski definition) is 0. The molecule has 0 bridgehead atoms. The summed E-state index contributed by atoms with van der Waals surface area (Å²) >= 11 is 0. The second-order valence-electron chi connectivity index (χ2n) is 3.37. The summed E-state index contributed by atoms with van der Waals surface area (Å²) in [6, 6.07) is 13.4. The molecule has 76 valence electrons. The highest BCUT2D eigenvalue weighted by Crippen LogP contribution is 2.22. The lowest BCUT2D eigenvalue weighted by Gasteiger charge is -2.04. The first kappa shape index (κ1) is 10.1. The normalized spacial score (nSPS) is 10.4. The van der Waals surface area contributed by atoms with E-state index in [9.17, 15) is 4.79 Å². The molecule has 0 aliphatic heterocycles. The fraction of sp³-hybridized carbons (Fsp3) is 0. The van der Waals surface area contributed by atoms with Crippen LogP contribution in [0.5, 0.6) is 0 Å². The van der Waals surface area contributed by atoms with Crippen molar-refractivity contribution in [1.29, 1.82) is 5.26 Å². The number of allylic oxidation sites excluding steroid dienone is 1. The quantitative estimate of drug-likeness (QED) is 0.560. The summed E-state index contributed by atoms with van der Waals surface area (Å²) in [7, 11) is 0. The van der Waals surface area contributed by atoms with Crippen LogP contribution in [-0.2, 0) is 0 Å². The van der Waals surface area contributed by atoms with E-state index in [1.54, 1.807) is 12.1 Å². The molecule has 0 heterocycles. The lowest BCUT2D eigenvalue weighted by Crippen LogP contribution is -1.87. The summed E-state index contributed by atoms with van der Waals surface area (Å²) in [6.45, 7) is 0. The second-order valence-corrected chi connectivity index (χ2v) is 3.37. The van der Waals surface area contributed by atoms with E-state index >= 15 is 0 Å². The van der Waals surface area contributed by atoms with E-state index in [2.05, 4.69) is 0 Å². The molecule has 0 saturated heterocycles. The van der Waals surface area contributed by atoms with E-state index in [-0.39, 0.29) is 0 Å². The van der Waals surface area contributed by atoms with Gasteiger partial charge in [0.2, 0.25) is 0 Å². The Morgan fingerprint density at radius 3 is 2.69 bits per heavy atom. The van der Waals surface area contributed by atoms with Crippen LogP contribution in [0.4, 0.5) is 0 Å². The molecule has 2 aromatic carbocycles. The van der Waals surface area contributed by atoms with E-state index < -0.39 is 0 Å². The van der Waals surface area contributed by atoms with Gasteiger partial charge in [-0.05, 0) is 22.4 Å². The van der Waals surface area contributed by atoms with Crippen molar-refractivity contribution >= 4 is 23.1 Å². The van der Waals surface area contributed by atoms with Crippen LogP contribution in [0.25, 0.3) is 16.8 Å². The van der Waals surface area contributed by atoms with E-state index in [1.807, 2.05) is 36.4 Å². The first-order valence-electron chi connectivity index (χ1n) is 4.90. The van der Waals surface area contributed by atoms with E-state index in [4.69, 9.17) is 5.26 Å². The Balaban J connectivity index is 2.79. The third-order valence-electron chi connectivity index (χ3n) is 2.46. The predicted molar refractivity (Wildman–Crippen MR) is 64.0 cm³/mol. The van der Waals surface area contributed by atoms with Gasteiger partial charge in [0.1, 0.15) is 0 Å². The van der Waals surface area contributed by atoms with Crippen LogP contribution in [0.1, 0.15) is 15.9 Å². The molecule has 16 heavy (non-hydrogen) atoms. The topological polar surface area (TPSA) is 40.9 Å². The molecule has 0 aromatic heterocycles. The first-order chi connectivity index (χ1) is 7.86. The smallest absolute Gasteiger partial charge is 0.150 e. The Hall–Kier alpha value is -2.40. The molecule has 0 radical (unpaired) electrons. The Labute approximate surface area is 93.4 Å². The lowest BCUT2D eigenvalue weighted by molar-refractivity contribution is 0.112. The van der Waals surface area contributed by atoms with E-state index in [0.29, 0.717) is 5.56 Å². The zero-order valence-corrected chi connectivity index (χ0v) is 8.55. The van der Waals surface area contributed by atoms with Gasteiger partial charge in [-0.3, -0.25) is 4.79 Å². The first-order valence-corrected chi connectivity index (χ1v) is 4.90. The molecular weight excluding hydrogens is 198 g/mol. The standard InChI is InChI=1S/C14H9NO/c15-9-3-6-14-12(10-16)8-7-11-4-1-2-5-13(11)14/h1-8,10H. The van der Waals surface area contributed by atoms with Crippen molar-refractivity contribution in [2.24, 2.45) is 0 Å². The van der Waals surface area contributed by atoms with E-state index in [0.717, 1.165) is 22.6 Å². The Morgan fingerprint density at radius 1 is 1.12 bits per heavy atom. The molecule has 2 nitrogen and oxygen atoms in total. The van der Waals surface area contributed by atoms with Gasteiger partial charge in [-0.15, -0.1) is 0 Å². The number of nitriles is 1. The molecule has 0 saturated carbocycles. The van der Waals surface area contributed by atoms with Crippen molar-refractivity contribution < 1.29 is 4.79 Å². The van der Waals surface area contributed by atoms with Crippen molar-refractivity contribution in [2.45, 2.75) is 0 Å². The summed E-state index contributed by atoms with van der Waals surface area (Å²) in [5.41, 5.74) is 1.40. The van der Waals surface area contributed by atoms with Crippen LogP contribution in [0, 0.1) is 11.3 Å². The van der Waals surface area contributed by atoms with Crippen LogP contribution < -0.4 is 0 Å². The van der Waals surface area contributed by atoms with Crippen molar-refractivity contribution in [3.05, 3.63) is 53.6 Å². The van der Waals surface area contributed by atoms with Gasteiger partial charge in [0.05, 0.1) is 6.07 Å². The van der Waals surface area contributed by atoms with Crippen LogP contribution in [-0.4, -0.2) is 6.29 Å². The Kier molecular flexibility index (Phi) is 2.79. The minimum absolute atomic E-state index is 0.602. The number of aldehydes is 1. The molecule has 0 atom stereocenters. The van der Waals surface area contributed by atoms with Crippen molar-refractivity contribution in [1.82, 2.24) is 0 Å². The summed E-state index contributed by atoms with van der Waals surface area (Å²) < 4.78 is 0. The van der Waals surface area contributed by atoms with Gasteiger partial charge in [0.15, 0.2) is 6.29 Å². The maximum Gasteiger partial charge on any atom is 0.150 e. The van der Waals surface area contributed by atoms with Crippen LogP contribution >= 0.6 is 0 Å². The van der Waals surface area contributed by atoms with Gasteiger partial charge in [0.25, 0.3) is 0 Å². The molecule has 2 aromatic rings. The van der Waals surface area contributed by atoms with Crippen molar-refractivity contribution in [2.75, 3.05) is 0 Å². The van der Waals surface area contributed by atoms with Crippen LogP contribution in [0.15, 0.2) is 42.5 Å². The maximum atomic E-state index is 10.9. The van der Waals surface area contributed by atoms with Gasteiger partial charge in [-0.1, -0.05) is 36.4 Å². The highest BCUT2D eigenvalue weighted by Gasteiger charge is 2.03. The zero-order valence-electron chi connectivity index (χ0n) is 8.55. The molecule has 0 unspecified atom stereocenters. The maximum absolute atomic E-state index is 10.9. The highest BCUT2D eigenvalue weighted by molar-refractivity contribution is 5.98. The number of carbonyl (C=O) groups excluding carboxylic acids is 1. The highest BCUT2D eigenvalue weighted by atomic mass is 16.1. The van der Waals surface area contributed by atoms with Crippen molar-refractivity contribution in [3.8, 4) is 6.07 Å². The number of benzene rings is 2. The van der Waals surface area contributed by atoms with Gasteiger partial charge in [0, 0.05) is 11.6 Å². The molecule has 0 amide bonds. The summed E-state index contributed by atoms with van der Waals surface area (Å²) in [5.74, 6) is 0. The number of rotatable bonds is 2. The predicted octanol–water partition coefficient (Wildman–Crippen LogP) is 3.19. The average Bonchev–Trinajstić information content (AvgIpc) is 2.35. The van der Waals surface area contributed by atoms with Crippen molar-refractivity contribution in [3.63, 3.8) is 0 Å². The lowest BCUT2D eigenvalue weighted by atomic mass is 9.99. The monoisotopic (exact) mass is 207 g/mol. The number of nitrogens with zero attached hydrogens (tertiary/aromatic N) is 1. The van der Waals surface area contributed by atoms with Crippen LogP contribution in [0.3, 0.4) is 0 Å². The fourth-order valence-corrected chi connectivity index (χ4v) is 1.72. The number of carbonyl (C=O) groups is 1. The largest absolute Gasteiger partial charge is 0.298 e. The Morgan fingerprint density at radius 2 is 1.94 bits per heavy atom. The molecule has 0 spiro atoms. The molecule has 0 aliphatic carbocycles. The van der Waals surface area contributed by atoms with Gasteiger partial charge in [-0.2, -0.15) is 5.26 Å². The molecule has 2 rings (SSSR count).